The number of esters is 1. The van der Waals surface area contributed by atoms with Gasteiger partial charge in [-0.15, -0.1) is 0 Å². The quantitative estimate of drug-likeness (QED) is 0.113. The van der Waals surface area contributed by atoms with Gasteiger partial charge in [-0.1, -0.05) is 6.58 Å². The average molecular weight is 378 g/mol. The lowest BCUT2D eigenvalue weighted by Gasteiger charge is -2.27. The average Bonchev–Trinajstić information content (AvgIpc) is 3.44. The summed E-state index contributed by atoms with van der Waals surface area (Å²) in [7, 11) is 2.15. The molecule has 0 radical (unpaired) electrons. The number of rotatable bonds is 15. The molecular formula is C16H31NO7Si. The molecule has 1 N–H and O–H groups in total. The van der Waals surface area contributed by atoms with E-state index in [1.54, 1.807) is 28.3 Å². The van der Waals surface area contributed by atoms with Crippen LogP contribution in [-0.4, -0.2) is 74.8 Å². The smallest absolute Gasteiger partial charge is 0.462 e. The van der Waals surface area contributed by atoms with Crippen molar-refractivity contribution >= 4 is 14.8 Å². The lowest BCUT2D eigenvalue weighted by molar-refractivity contribution is -0.139. The van der Waals surface area contributed by atoms with Crippen molar-refractivity contribution in [2.45, 2.75) is 38.1 Å². The number of epoxide rings is 1. The lowest BCUT2D eigenvalue weighted by atomic mass is 10.3. The second kappa shape index (κ2) is 11.7. The van der Waals surface area contributed by atoms with E-state index in [0.717, 1.165) is 6.61 Å². The summed E-state index contributed by atoms with van der Waals surface area (Å²) < 4.78 is 32.4. The van der Waals surface area contributed by atoms with Crippen LogP contribution in [0, 0.1) is 0 Å². The van der Waals surface area contributed by atoms with Crippen molar-refractivity contribution in [2.75, 3.05) is 47.7 Å². The van der Waals surface area contributed by atoms with Gasteiger partial charge in [-0.3, -0.25) is 5.32 Å². The van der Waals surface area contributed by atoms with Gasteiger partial charge in [0.25, 0.3) is 0 Å². The zero-order chi connectivity index (χ0) is 18.7. The van der Waals surface area contributed by atoms with E-state index in [2.05, 4.69) is 11.9 Å². The van der Waals surface area contributed by atoms with Crippen LogP contribution in [0.15, 0.2) is 12.2 Å². The fourth-order valence-electron chi connectivity index (χ4n) is 2.12. The van der Waals surface area contributed by atoms with Crippen molar-refractivity contribution in [2.24, 2.45) is 0 Å². The van der Waals surface area contributed by atoms with Crippen LogP contribution in [-0.2, 0) is 32.3 Å². The molecule has 8 nitrogen and oxygen atoms in total. The first-order valence-electron chi connectivity index (χ1n) is 8.41. The normalized spacial score (nSPS) is 18.0. The van der Waals surface area contributed by atoms with E-state index in [0.29, 0.717) is 44.2 Å². The van der Waals surface area contributed by atoms with Gasteiger partial charge in [0.15, 0.2) is 0 Å². The predicted molar refractivity (Wildman–Crippen MR) is 94.1 cm³/mol. The molecule has 146 valence electrons. The maximum Gasteiger partial charge on any atom is 0.500 e. The first kappa shape index (κ1) is 22.2. The molecule has 1 rings (SSSR count). The molecule has 0 aliphatic carbocycles. The van der Waals surface area contributed by atoms with E-state index in [-0.39, 0.29) is 18.3 Å². The molecule has 0 bridgehead atoms. The summed E-state index contributed by atoms with van der Waals surface area (Å²) in [5.41, 5.74) is 0.401. The Balaban J connectivity index is 2.33. The number of carbonyl (C=O) groups is 1. The Morgan fingerprint density at radius 1 is 1.32 bits per heavy atom. The van der Waals surface area contributed by atoms with Gasteiger partial charge >= 0.3 is 14.8 Å². The molecule has 0 aromatic heterocycles. The van der Waals surface area contributed by atoms with Gasteiger partial charge < -0.3 is 27.5 Å². The summed E-state index contributed by atoms with van der Waals surface area (Å²) in [6.45, 7) is 7.46. The minimum atomic E-state index is -2.63. The zero-order valence-electron chi connectivity index (χ0n) is 15.7. The number of nitrogens with one attached hydrogen (secondary N) is 1. The number of hydrogen-bond acceptors (Lipinski definition) is 8. The molecule has 0 aromatic rings. The Bertz CT molecular complexity index is 405. The van der Waals surface area contributed by atoms with Crippen molar-refractivity contribution in [1.82, 2.24) is 5.32 Å². The van der Waals surface area contributed by atoms with Crippen LogP contribution >= 0.6 is 0 Å². The maximum atomic E-state index is 11.3. The number of hydrogen-bond donors (Lipinski definition) is 1. The molecule has 1 aliphatic heterocycles. The number of carbonyl (C=O) groups excluding carboxylic acids is 1. The zero-order valence-corrected chi connectivity index (χ0v) is 16.7. The highest BCUT2D eigenvalue weighted by Crippen LogP contribution is 2.18. The Hall–Kier alpha value is -0.813. The molecule has 1 aliphatic rings. The largest absolute Gasteiger partial charge is 0.500 e. The summed E-state index contributed by atoms with van der Waals surface area (Å²) in [6, 6.07) is 0.629. The highest BCUT2D eigenvalue weighted by Gasteiger charge is 2.38. The van der Waals surface area contributed by atoms with Crippen molar-refractivity contribution in [1.29, 1.82) is 0 Å². The molecular weight excluding hydrogens is 346 g/mol. The van der Waals surface area contributed by atoms with Crippen LogP contribution in [0.2, 0.25) is 6.04 Å². The SMILES string of the molecule is C=C(C)C(=O)OCCCNC(CC[Si](OC)(OC)OC)OCC1CO1. The van der Waals surface area contributed by atoms with Crippen LogP contribution < -0.4 is 5.32 Å². The summed E-state index contributed by atoms with van der Waals surface area (Å²) in [5, 5.41) is 3.31. The minimum Gasteiger partial charge on any atom is -0.462 e. The van der Waals surface area contributed by atoms with Crippen LogP contribution in [0.25, 0.3) is 0 Å². The number of ether oxygens (including phenoxy) is 3. The van der Waals surface area contributed by atoms with Crippen molar-refractivity contribution in [3.8, 4) is 0 Å². The fourth-order valence-corrected chi connectivity index (χ4v) is 3.85. The predicted octanol–water partition coefficient (Wildman–Crippen LogP) is 1.10. The van der Waals surface area contributed by atoms with E-state index in [4.69, 9.17) is 27.5 Å². The molecule has 9 heteroatoms. The van der Waals surface area contributed by atoms with Crippen molar-refractivity contribution in [3.05, 3.63) is 12.2 Å². The third-order valence-electron chi connectivity index (χ3n) is 3.81. The highest BCUT2D eigenvalue weighted by molar-refractivity contribution is 6.60. The minimum absolute atomic E-state index is 0.173. The van der Waals surface area contributed by atoms with Crippen LogP contribution in [0.4, 0.5) is 0 Å². The summed E-state index contributed by atoms with van der Waals surface area (Å²) in [5.74, 6) is -0.366. The second-order valence-electron chi connectivity index (χ2n) is 5.84. The molecule has 0 saturated carbocycles. The molecule has 1 saturated heterocycles. The van der Waals surface area contributed by atoms with E-state index < -0.39 is 8.80 Å². The molecule has 1 heterocycles. The molecule has 25 heavy (non-hydrogen) atoms. The van der Waals surface area contributed by atoms with Crippen LogP contribution in [0.5, 0.6) is 0 Å². The Morgan fingerprint density at radius 3 is 2.48 bits per heavy atom. The van der Waals surface area contributed by atoms with Gasteiger partial charge in [0, 0.05) is 39.5 Å². The van der Waals surface area contributed by atoms with Crippen molar-refractivity contribution in [3.63, 3.8) is 0 Å². The van der Waals surface area contributed by atoms with Gasteiger partial charge in [-0.2, -0.15) is 0 Å². The van der Waals surface area contributed by atoms with Crippen molar-refractivity contribution < 1.29 is 32.3 Å². The van der Waals surface area contributed by atoms with Gasteiger partial charge in [-0.25, -0.2) is 4.79 Å². The Kier molecular flexibility index (Phi) is 10.4. The third-order valence-corrected chi connectivity index (χ3v) is 6.57. The fraction of sp³-hybridized carbons (Fsp3) is 0.812. The van der Waals surface area contributed by atoms with E-state index >= 15 is 0 Å². The molecule has 2 unspecified atom stereocenters. The van der Waals surface area contributed by atoms with E-state index in [9.17, 15) is 4.79 Å². The van der Waals surface area contributed by atoms with Gasteiger partial charge in [0.1, 0.15) is 12.3 Å². The van der Waals surface area contributed by atoms with Gasteiger partial charge in [0.05, 0.1) is 19.8 Å². The first-order chi connectivity index (χ1) is 12.0. The van der Waals surface area contributed by atoms with Crippen LogP contribution in [0.1, 0.15) is 19.8 Å². The maximum absolute atomic E-state index is 11.3. The van der Waals surface area contributed by atoms with Crippen LogP contribution in [0.3, 0.4) is 0 Å². The Labute approximate surface area is 151 Å². The van der Waals surface area contributed by atoms with E-state index in [1.165, 1.54) is 0 Å². The summed E-state index contributed by atoms with van der Waals surface area (Å²) >= 11 is 0. The highest BCUT2D eigenvalue weighted by atomic mass is 28.4. The molecule has 0 aromatic carbocycles. The summed E-state index contributed by atoms with van der Waals surface area (Å²) in [4.78, 5) is 11.3. The Morgan fingerprint density at radius 2 is 1.96 bits per heavy atom. The monoisotopic (exact) mass is 377 g/mol. The molecule has 1 fully saturated rings. The standard InChI is InChI=1S/C16H31NO7Si/c1-13(2)16(18)22-9-6-8-17-15(24-12-14-11-23-14)7-10-25(19-3,20-4)21-5/h14-15,17H,1,6-12H2,2-5H3. The first-order valence-corrected chi connectivity index (χ1v) is 10.3. The molecule has 0 amide bonds. The van der Waals surface area contributed by atoms with Gasteiger partial charge in [-0.05, 0) is 19.8 Å². The molecule has 0 spiro atoms. The van der Waals surface area contributed by atoms with E-state index in [1.807, 2.05) is 0 Å². The topological polar surface area (TPSA) is 87.8 Å². The summed E-state index contributed by atoms with van der Waals surface area (Å²) in [6.07, 6.45) is 1.38. The molecule has 2 atom stereocenters. The van der Waals surface area contributed by atoms with Gasteiger partial charge in [0.2, 0.25) is 0 Å². The second-order valence-corrected chi connectivity index (χ2v) is 8.93. The third kappa shape index (κ3) is 8.91. The lowest BCUT2D eigenvalue weighted by Crippen LogP contribution is -2.45.